The lowest BCUT2D eigenvalue weighted by Gasteiger charge is -2.34. The minimum atomic E-state index is 0.112. The average Bonchev–Trinajstić information content (AvgIpc) is 3.40. The van der Waals surface area contributed by atoms with Crippen LogP contribution in [0.25, 0.3) is 11.4 Å². The van der Waals surface area contributed by atoms with Crippen LogP contribution in [0.2, 0.25) is 0 Å². The number of hydrogen-bond acceptors (Lipinski definition) is 8. The Morgan fingerprint density at radius 1 is 1.06 bits per heavy atom. The van der Waals surface area contributed by atoms with E-state index in [4.69, 9.17) is 13.8 Å². The van der Waals surface area contributed by atoms with Gasteiger partial charge in [-0.25, -0.2) is 0 Å². The molecule has 3 aromatic rings. The highest BCUT2D eigenvalue weighted by Crippen LogP contribution is 2.20. The molecule has 4 rings (SSSR count). The molecule has 9 nitrogen and oxygen atoms in total. The quantitative estimate of drug-likeness (QED) is 0.570. The van der Waals surface area contributed by atoms with Gasteiger partial charge in [0, 0.05) is 56.7 Å². The molecule has 1 saturated heterocycles. The van der Waals surface area contributed by atoms with Crippen LogP contribution in [-0.4, -0.2) is 64.3 Å². The molecular weight excluding hydrogens is 398 g/mol. The van der Waals surface area contributed by atoms with Gasteiger partial charge in [-0.05, 0) is 38.1 Å². The maximum atomic E-state index is 12.6. The van der Waals surface area contributed by atoms with E-state index in [9.17, 15) is 4.79 Å². The van der Waals surface area contributed by atoms with Crippen molar-refractivity contribution in [1.82, 2.24) is 25.1 Å². The van der Waals surface area contributed by atoms with Gasteiger partial charge in [0.25, 0.3) is 0 Å². The monoisotopic (exact) mass is 425 g/mol. The molecule has 1 aromatic carbocycles. The fourth-order valence-electron chi connectivity index (χ4n) is 3.69. The van der Waals surface area contributed by atoms with Crippen molar-refractivity contribution in [3.8, 4) is 17.1 Å². The molecule has 0 bridgehead atoms. The summed E-state index contributed by atoms with van der Waals surface area (Å²) in [4.78, 5) is 21.3. The van der Waals surface area contributed by atoms with Crippen LogP contribution in [-0.2, 0) is 17.8 Å². The van der Waals surface area contributed by atoms with Crippen LogP contribution in [0.15, 0.2) is 33.3 Å². The lowest BCUT2D eigenvalue weighted by atomic mass is 10.1. The number of aromatic nitrogens is 3. The third-order valence-electron chi connectivity index (χ3n) is 5.66. The second-order valence-electron chi connectivity index (χ2n) is 7.70. The van der Waals surface area contributed by atoms with Gasteiger partial charge in [-0.1, -0.05) is 10.3 Å². The van der Waals surface area contributed by atoms with E-state index in [0.29, 0.717) is 37.6 Å². The molecule has 1 amide bonds. The van der Waals surface area contributed by atoms with Gasteiger partial charge in [-0.2, -0.15) is 4.98 Å². The summed E-state index contributed by atoms with van der Waals surface area (Å²) in [6.45, 7) is 7.79. The van der Waals surface area contributed by atoms with Crippen LogP contribution >= 0.6 is 0 Å². The number of methoxy groups -OCH3 is 1. The van der Waals surface area contributed by atoms with E-state index in [0.717, 1.165) is 48.0 Å². The number of nitrogens with zero attached hydrogens (tertiary/aromatic N) is 5. The van der Waals surface area contributed by atoms with E-state index in [1.165, 1.54) is 0 Å². The largest absolute Gasteiger partial charge is 0.497 e. The molecule has 9 heteroatoms. The fourth-order valence-corrected chi connectivity index (χ4v) is 3.69. The first-order chi connectivity index (χ1) is 15.0. The number of rotatable bonds is 7. The molecule has 1 aliphatic heterocycles. The second kappa shape index (κ2) is 9.30. The third kappa shape index (κ3) is 4.93. The molecule has 31 heavy (non-hydrogen) atoms. The van der Waals surface area contributed by atoms with Gasteiger partial charge in [0.2, 0.25) is 17.6 Å². The summed E-state index contributed by atoms with van der Waals surface area (Å²) in [6, 6.07) is 7.45. The van der Waals surface area contributed by atoms with Crippen LogP contribution in [0.4, 0.5) is 0 Å². The van der Waals surface area contributed by atoms with E-state index in [-0.39, 0.29) is 5.91 Å². The summed E-state index contributed by atoms with van der Waals surface area (Å²) >= 11 is 0. The molecule has 0 N–H and O–H groups in total. The van der Waals surface area contributed by atoms with E-state index in [1.54, 1.807) is 7.11 Å². The van der Waals surface area contributed by atoms with Gasteiger partial charge < -0.3 is 18.7 Å². The van der Waals surface area contributed by atoms with Gasteiger partial charge in [0.05, 0.1) is 12.8 Å². The van der Waals surface area contributed by atoms with Gasteiger partial charge in [0.1, 0.15) is 11.5 Å². The van der Waals surface area contributed by atoms with Crippen molar-refractivity contribution in [2.45, 2.75) is 33.2 Å². The van der Waals surface area contributed by atoms with Gasteiger partial charge in [0.15, 0.2) is 0 Å². The Morgan fingerprint density at radius 2 is 1.81 bits per heavy atom. The van der Waals surface area contributed by atoms with Crippen LogP contribution in [0.5, 0.6) is 5.75 Å². The normalized spacial score (nSPS) is 14.7. The molecule has 0 radical (unpaired) electrons. The molecule has 0 atom stereocenters. The molecule has 0 unspecified atom stereocenters. The highest BCUT2D eigenvalue weighted by atomic mass is 16.5. The summed E-state index contributed by atoms with van der Waals surface area (Å²) in [5, 5.41) is 8.04. The van der Waals surface area contributed by atoms with E-state index in [1.807, 2.05) is 43.0 Å². The summed E-state index contributed by atoms with van der Waals surface area (Å²) in [6.07, 6.45) is 0.787. The third-order valence-corrected chi connectivity index (χ3v) is 5.66. The Morgan fingerprint density at radius 3 is 2.45 bits per heavy atom. The van der Waals surface area contributed by atoms with Crippen molar-refractivity contribution < 1.29 is 18.6 Å². The van der Waals surface area contributed by atoms with Gasteiger partial charge in [-0.15, -0.1) is 0 Å². The molecule has 0 spiro atoms. The maximum absolute atomic E-state index is 12.6. The Kier molecular flexibility index (Phi) is 6.31. The number of hydrogen-bond donors (Lipinski definition) is 0. The Balaban J connectivity index is 1.25. The fraction of sp³-hybridized carbons (Fsp3) is 0.455. The maximum Gasteiger partial charge on any atom is 0.227 e. The number of aryl methyl sites for hydroxylation is 3. The van der Waals surface area contributed by atoms with Crippen LogP contribution in [0.3, 0.4) is 0 Å². The van der Waals surface area contributed by atoms with Crippen molar-refractivity contribution in [3.05, 3.63) is 47.2 Å². The zero-order valence-corrected chi connectivity index (χ0v) is 18.1. The molecule has 1 aliphatic rings. The Hall–Kier alpha value is -3.20. The van der Waals surface area contributed by atoms with Crippen molar-refractivity contribution in [1.29, 1.82) is 0 Å². The van der Waals surface area contributed by atoms with Crippen LogP contribution < -0.4 is 4.74 Å². The standard InChI is InChI=1S/C22H27N5O4/c1-15-19(16(2)30-24-15)14-26-10-12-27(13-11-26)21(28)9-8-20-23-22(25-31-20)17-4-6-18(29-3)7-5-17/h4-7H,8-14H2,1-3H3. The Bertz CT molecular complexity index is 999. The Labute approximate surface area is 180 Å². The van der Waals surface area contributed by atoms with Crippen molar-refractivity contribution in [2.75, 3.05) is 33.3 Å². The number of carbonyl (C=O) groups excluding carboxylic acids is 1. The number of amides is 1. The highest BCUT2D eigenvalue weighted by Gasteiger charge is 2.23. The molecular formula is C22H27N5O4. The van der Waals surface area contributed by atoms with Gasteiger partial charge in [-0.3, -0.25) is 9.69 Å². The smallest absolute Gasteiger partial charge is 0.227 e. The molecule has 0 saturated carbocycles. The van der Waals surface area contributed by atoms with Gasteiger partial charge >= 0.3 is 0 Å². The summed E-state index contributed by atoms with van der Waals surface area (Å²) in [5.74, 6) is 2.73. The minimum absolute atomic E-state index is 0.112. The predicted molar refractivity (Wildman–Crippen MR) is 112 cm³/mol. The summed E-state index contributed by atoms with van der Waals surface area (Å²) < 4.78 is 15.7. The molecule has 2 aromatic heterocycles. The molecule has 1 fully saturated rings. The first-order valence-corrected chi connectivity index (χ1v) is 10.4. The summed E-state index contributed by atoms with van der Waals surface area (Å²) in [7, 11) is 1.62. The first kappa shape index (κ1) is 21.0. The number of carbonyl (C=O) groups is 1. The minimum Gasteiger partial charge on any atom is -0.497 e. The topological polar surface area (TPSA) is 97.7 Å². The highest BCUT2D eigenvalue weighted by molar-refractivity contribution is 5.76. The lowest BCUT2D eigenvalue weighted by Crippen LogP contribution is -2.48. The summed E-state index contributed by atoms with van der Waals surface area (Å²) in [5.41, 5.74) is 2.92. The van der Waals surface area contributed by atoms with E-state index in [2.05, 4.69) is 20.2 Å². The zero-order valence-electron chi connectivity index (χ0n) is 18.1. The molecule has 164 valence electrons. The van der Waals surface area contributed by atoms with Crippen molar-refractivity contribution in [3.63, 3.8) is 0 Å². The second-order valence-corrected chi connectivity index (χ2v) is 7.70. The number of ether oxygens (including phenoxy) is 1. The number of piperazine rings is 1. The van der Waals surface area contributed by atoms with E-state index < -0.39 is 0 Å². The average molecular weight is 425 g/mol. The molecule has 0 aliphatic carbocycles. The van der Waals surface area contributed by atoms with Crippen molar-refractivity contribution in [2.24, 2.45) is 0 Å². The zero-order chi connectivity index (χ0) is 21.8. The van der Waals surface area contributed by atoms with Crippen LogP contribution in [0, 0.1) is 13.8 Å². The van der Waals surface area contributed by atoms with Crippen molar-refractivity contribution >= 4 is 5.91 Å². The van der Waals surface area contributed by atoms with E-state index >= 15 is 0 Å². The molecule has 3 heterocycles. The SMILES string of the molecule is COc1ccc(-c2noc(CCC(=O)N3CCN(Cc4c(C)noc4C)CC3)n2)cc1. The predicted octanol–water partition coefficient (Wildman–Crippen LogP) is 2.63. The first-order valence-electron chi connectivity index (χ1n) is 10.4. The number of benzene rings is 1. The lowest BCUT2D eigenvalue weighted by molar-refractivity contribution is -0.133. The van der Waals surface area contributed by atoms with Crippen LogP contribution in [0.1, 0.15) is 29.3 Å².